The predicted molar refractivity (Wildman–Crippen MR) is 67.3 cm³/mol. The predicted octanol–water partition coefficient (Wildman–Crippen LogP) is 3.96. The molecule has 0 aromatic heterocycles. The van der Waals surface area contributed by atoms with Crippen LogP contribution in [-0.4, -0.2) is 5.11 Å². The van der Waals surface area contributed by atoms with Crippen molar-refractivity contribution in [2.24, 2.45) is 0 Å². The Balaban J connectivity index is 2.28. The molecule has 1 heterocycles. The van der Waals surface area contributed by atoms with Crippen LogP contribution in [0.1, 0.15) is 24.2 Å². The van der Waals surface area contributed by atoms with E-state index in [-0.39, 0.29) is 11.9 Å². The molecule has 2 aromatic rings. The summed E-state index contributed by atoms with van der Waals surface area (Å²) in [5, 5.41) is 9.40. The molecule has 0 saturated carbocycles. The van der Waals surface area contributed by atoms with Crippen LogP contribution in [0.15, 0.2) is 30.3 Å². The Morgan fingerprint density at radius 2 is 1.94 bits per heavy atom. The Kier molecular flexibility index (Phi) is 2.30. The first-order chi connectivity index (χ1) is 8.56. The third kappa shape index (κ3) is 1.55. The van der Waals surface area contributed by atoms with Crippen molar-refractivity contribution in [2.75, 3.05) is 0 Å². The number of rotatable bonds is 0. The zero-order chi connectivity index (χ0) is 12.9. The monoisotopic (exact) mass is 244 g/mol. The van der Waals surface area contributed by atoms with Gasteiger partial charge in [-0.25, -0.2) is 4.39 Å². The SMILES string of the molecule is Cc1ccc2c(c1)C(C)Oc1cc(O)c(F)cc1-2. The van der Waals surface area contributed by atoms with Crippen LogP contribution in [0.4, 0.5) is 4.39 Å². The maximum atomic E-state index is 13.5. The number of hydrogen-bond acceptors (Lipinski definition) is 2. The fraction of sp³-hybridized carbons (Fsp3) is 0.200. The molecule has 0 radical (unpaired) electrons. The van der Waals surface area contributed by atoms with Crippen molar-refractivity contribution in [2.45, 2.75) is 20.0 Å². The molecule has 3 heteroatoms. The molecule has 0 amide bonds. The number of aromatic hydroxyl groups is 1. The number of fused-ring (bicyclic) bond motifs is 3. The lowest BCUT2D eigenvalue weighted by atomic mass is 9.92. The van der Waals surface area contributed by atoms with Gasteiger partial charge in [-0.3, -0.25) is 0 Å². The Labute approximate surface area is 105 Å². The fourth-order valence-corrected chi connectivity index (χ4v) is 2.37. The minimum Gasteiger partial charge on any atom is -0.505 e. The maximum absolute atomic E-state index is 13.5. The van der Waals surface area contributed by atoms with Crippen molar-refractivity contribution >= 4 is 0 Å². The molecule has 0 bridgehead atoms. The number of benzene rings is 2. The molecule has 1 atom stereocenters. The average Bonchev–Trinajstić information content (AvgIpc) is 2.32. The highest BCUT2D eigenvalue weighted by molar-refractivity contribution is 5.77. The van der Waals surface area contributed by atoms with Gasteiger partial charge < -0.3 is 9.84 Å². The minimum absolute atomic E-state index is 0.0998. The van der Waals surface area contributed by atoms with E-state index in [1.807, 2.05) is 32.0 Å². The summed E-state index contributed by atoms with van der Waals surface area (Å²) in [7, 11) is 0. The molecule has 2 aromatic carbocycles. The molecule has 1 aliphatic heterocycles. The summed E-state index contributed by atoms with van der Waals surface area (Å²) in [4.78, 5) is 0. The Morgan fingerprint density at radius 3 is 2.72 bits per heavy atom. The van der Waals surface area contributed by atoms with Gasteiger partial charge in [0.15, 0.2) is 11.6 Å². The number of aryl methyl sites for hydroxylation is 1. The van der Waals surface area contributed by atoms with Gasteiger partial charge in [0.05, 0.1) is 0 Å². The van der Waals surface area contributed by atoms with Crippen molar-refractivity contribution in [3.05, 3.63) is 47.3 Å². The molecular weight excluding hydrogens is 231 g/mol. The summed E-state index contributed by atoms with van der Waals surface area (Å²) in [5.41, 5.74) is 3.85. The summed E-state index contributed by atoms with van der Waals surface area (Å²) in [6, 6.07) is 8.67. The van der Waals surface area contributed by atoms with Crippen LogP contribution in [0.25, 0.3) is 11.1 Å². The molecule has 1 unspecified atom stereocenters. The lowest BCUT2D eigenvalue weighted by molar-refractivity contribution is 0.222. The number of phenols is 1. The van der Waals surface area contributed by atoms with Crippen molar-refractivity contribution in [3.8, 4) is 22.6 Å². The zero-order valence-corrected chi connectivity index (χ0v) is 10.2. The van der Waals surface area contributed by atoms with Crippen molar-refractivity contribution < 1.29 is 14.2 Å². The maximum Gasteiger partial charge on any atom is 0.165 e. The van der Waals surface area contributed by atoms with Gasteiger partial charge in [0.2, 0.25) is 0 Å². The van der Waals surface area contributed by atoms with Crippen LogP contribution >= 0.6 is 0 Å². The second-order valence-corrected chi connectivity index (χ2v) is 4.65. The summed E-state index contributed by atoms with van der Waals surface area (Å²) >= 11 is 0. The quantitative estimate of drug-likeness (QED) is 0.760. The van der Waals surface area contributed by atoms with Crippen LogP contribution in [0.2, 0.25) is 0 Å². The van der Waals surface area contributed by atoms with Gasteiger partial charge in [0.25, 0.3) is 0 Å². The minimum atomic E-state index is -0.626. The van der Waals surface area contributed by atoms with E-state index in [9.17, 15) is 9.50 Å². The molecule has 0 aliphatic carbocycles. The van der Waals surface area contributed by atoms with Gasteiger partial charge in [0.1, 0.15) is 11.9 Å². The molecule has 1 aliphatic rings. The first kappa shape index (κ1) is 11.1. The van der Waals surface area contributed by atoms with Crippen LogP contribution in [-0.2, 0) is 0 Å². The van der Waals surface area contributed by atoms with E-state index < -0.39 is 5.82 Å². The molecule has 1 N–H and O–H groups in total. The van der Waals surface area contributed by atoms with E-state index in [1.54, 1.807) is 0 Å². The Morgan fingerprint density at radius 1 is 1.17 bits per heavy atom. The van der Waals surface area contributed by atoms with Crippen LogP contribution in [0, 0.1) is 12.7 Å². The smallest absolute Gasteiger partial charge is 0.165 e. The normalized spacial score (nSPS) is 16.7. The van der Waals surface area contributed by atoms with Crippen molar-refractivity contribution in [1.29, 1.82) is 0 Å². The summed E-state index contributed by atoms with van der Waals surface area (Å²) in [6.45, 7) is 3.96. The lowest BCUT2D eigenvalue weighted by Gasteiger charge is -2.27. The van der Waals surface area contributed by atoms with Crippen LogP contribution < -0.4 is 4.74 Å². The third-order valence-corrected chi connectivity index (χ3v) is 3.29. The summed E-state index contributed by atoms with van der Waals surface area (Å²) < 4.78 is 19.2. The highest BCUT2D eigenvalue weighted by atomic mass is 19.1. The van der Waals surface area contributed by atoms with E-state index in [2.05, 4.69) is 0 Å². The topological polar surface area (TPSA) is 29.5 Å². The molecule has 3 rings (SSSR count). The van der Waals surface area contributed by atoms with Gasteiger partial charge in [-0.1, -0.05) is 23.8 Å². The lowest BCUT2D eigenvalue weighted by Crippen LogP contribution is -2.11. The van der Waals surface area contributed by atoms with Gasteiger partial charge in [-0.15, -0.1) is 0 Å². The molecule has 0 fully saturated rings. The number of halogens is 1. The van der Waals surface area contributed by atoms with Crippen LogP contribution in [0.3, 0.4) is 0 Å². The molecule has 0 saturated heterocycles. The number of hydrogen-bond donors (Lipinski definition) is 1. The number of phenolic OH excluding ortho intramolecular Hbond substituents is 1. The second kappa shape index (κ2) is 3.73. The molecule has 2 nitrogen and oxygen atoms in total. The van der Waals surface area contributed by atoms with Gasteiger partial charge in [0, 0.05) is 17.2 Å². The average molecular weight is 244 g/mol. The van der Waals surface area contributed by atoms with E-state index >= 15 is 0 Å². The third-order valence-electron chi connectivity index (χ3n) is 3.29. The van der Waals surface area contributed by atoms with Crippen LogP contribution in [0.5, 0.6) is 11.5 Å². The summed E-state index contributed by atoms with van der Waals surface area (Å²) in [6.07, 6.45) is -0.0998. The summed E-state index contributed by atoms with van der Waals surface area (Å²) in [5.74, 6) is -0.479. The molecule has 18 heavy (non-hydrogen) atoms. The van der Waals surface area contributed by atoms with E-state index in [0.717, 1.165) is 16.7 Å². The van der Waals surface area contributed by atoms with Crippen molar-refractivity contribution in [3.63, 3.8) is 0 Å². The Bertz CT molecular complexity index is 635. The van der Waals surface area contributed by atoms with Crippen molar-refractivity contribution in [1.82, 2.24) is 0 Å². The van der Waals surface area contributed by atoms with Gasteiger partial charge in [-0.2, -0.15) is 0 Å². The second-order valence-electron chi connectivity index (χ2n) is 4.65. The Hall–Kier alpha value is -2.03. The highest BCUT2D eigenvalue weighted by Gasteiger charge is 2.24. The molecule has 0 spiro atoms. The molecule has 92 valence electrons. The molecular formula is C15H13FO2. The van der Waals surface area contributed by atoms with Gasteiger partial charge >= 0.3 is 0 Å². The first-order valence-electron chi connectivity index (χ1n) is 5.86. The number of ether oxygens (including phenoxy) is 1. The zero-order valence-electron chi connectivity index (χ0n) is 10.2. The van der Waals surface area contributed by atoms with E-state index in [0.29, 0.717) is 11.3 Å². The fourth-order valence-electron chi connectivity index (χ4n) is 2.37. The largest absolute Gasteiger partial charge is 0.505 e. The van der Waals surface area contributed by atoms with E-state index in [4.69, 9.17) is 4.74 Å². The van der Waals surface area contributed by atoms with Gasteiger partial charge in [-0.05, 0) is 25.5 Å². The highest BCUT2D eigenvalue weighted by Crippen LogP contribution is 2.44. The van der Waals surface area contributed by atoms with E-state index in [1.165, 1.54) is 12.1 Å². The standard InChI is InChI=1S/C15H13FO2/c1-8-3-4-10-11(5-8)9(2)18-15-7-14(17)13(16)6-12(10)15/h3-7,9,17H,1-2H3. The first-order valence-corrected chi connectivity index (χ1v) is 5.86.